The highest BCUT2D eigenvalue weighted by Gasteiger charge is 2.39. The third-order valence-corrected chi connectivity index (χ3v) is 7.70. The van der Waals surface area contributed by atoms with Crippen molar-refractivity contribution in [1.82, 2.24) is 24.4 Å². The van der Waals surface area contributed by atoms with Gasteiger partial charge in [-0.3, -0.25) is 9.59 Å². The summed E-state index contributed by atoms with van der Waals surface area (Å²) in [6.45, 7) is 7.98. The van der Waals surface area contributed by atoms with Gasteiger partial charge in [0.25, 0.3) is 0 Å². The van der Waals surface area contributed by atoms with Crippen molar-refractivity contribution in [2.24, 2.45) is 5.92 Å². The Kier molecular flexibility index (Phi) is 5.68. The predicted octanol–water partition coefficient (Wildman–Crippen LogP) is 3.75. The van der Waals surface area contributed by atoms with Crippen LogP contribution in [0.1, 0.15) is 87.0 Å². The summed E-state index contributed by atoms with van der Waals surface area (Å²) in [6.07, 6.45) is 8.70. The first-order chi connectivity index (χ1) is 15.4. The average molecular weight is 438 g/mol. The molecule has 1 saturated carbocycles. The SMILES string of the molecule is Cc1nc2cc([C@H]3CCCN3C(=O)C3CC3)nn2c(C)c1CCC(=O)N1CCCC[C@H]1C. The van der Waals surface area contributed by atoms with Crippen LogP contribution in [-0.2, 0) is 16.0 Å². The maximum absolute atomic E-state index is 12.9. The maximum atomic E-state index is 12.9. The minimum Gasteiger partial charge on any atom is -0.340 e. The number of carbonyl (C=O) groups excluding carboxylic acids is 2. The predicted molar refractivity (Wildman–Crippen MR) is 122 cm³/mol. The zero-order valence-electron chi connectivity index (χ0n) is 19.6. The van der Waals surface area contributed by atoms with Crippen molar-refractivity contribution >= 4 is 17.5 Å². The lowest BCUT2D eigenvalue weighted by atomic mass is 10.0. The first-order valence-electron chi connectivity index (χ1n) is 12.4. The number of hydrogen-bond donors (Lipinski definition) is 0. The summed E-state index contributed by atoms with van der Waals surface area (Å²) in [5, 5.41) is 4.90. The molecule has 0 spiro atoms. The van der Waals surface area contributed by atoms with Crippen LogP contribution in [0, 0.1) is 19.8 Å². The van der Waals surface area contributed by atoms with Gasteiger partial charge in [-0.15, -0.1) is 0 Å². The van der Waals surface area contributed by atoms with Gasteiger partial charge >= 0.3 is 0 Å². The summed E-state index contributed by atoms with van der Waals surface area (Å²) >= 11 is 0. The molecule has 32 heavy (non-hydrogen) atoms. The molecule has 7 nitrogen and oxygen atoms in total. The molecule has 2 amide bonds. The lowest BCUT2D eigenvalue weighted by Gasteiger charge is -2.33. The Hall–Kier alpha value is -2.44. The van der Waals surface area contributed by atoms with Gasteiger partial charge in [0.1, 0.15) is 0 Å². The fourth-order valence-corrected chi connectivity index (χ4v) is 5.62. The lowest BCUT2D eigenvalue weighted by molar-refractivity contribution is -0.134. The molecule has 4 heterocycles. The van der Waals surface area contributed by atoms with Gasteiger partial charge in [0.2, 0.25) is 11.8 Å². The van der Waals surface area contributed by atoms with Crippen LogP contribution >= 0.6 is 0 Å². The fraction of sp³-hybridized carbons (Fsp3) is 0.680. The summed E-state index contributed by atoms with van der Waals surface area (Å²) in [7, 11) is 0. The number of amides is 2. The van der Waals surface area contributed by atoms with Crippen molar-refractivity contribution in [3.05, 3.63) is 28.7 Å². The molecule has 5 rings (SSSR count). The molecule has 7 heteroatoms. The van der Waals surface area contributed by atoms with E-state index in [1.165, 1.54) is 6.42 Å². The summed E-state index contributed by atoms with van der Waals surface area (Å²) in [6, 6.07) is 2.46. The van der Waals surface area contributed by atoms with E-state index >= 15 is 0 Å². The van der Waals surface area contributed by atoms with Gasteiger partial charge in [-0.05, 0) is 77.7 Å². The van der Waals surface area contributed by atoms with E-state index in [-0.39, 0.29) is 17.9 Å². The Morgan fingerprint density at radius 1 is 1.03 bits per heavy atom. The molecular weight excluding hydrogens is 402 g/mol. The molecule has 2 atom stereocenters. The van der Waals surface area contributed by atoms with E-state index in [2.05, 4.69) is 18.7 Å². The van der Waals surface area contributed by atoms with Gasteiger partial charge in [0.05, 0.1) is 11.7 Å². The molecular formula is C25H35N5O2. The lowest BCUT2D eigenvalue weighted by Crippen LogP contribution is -2.42. The van der Waals surface area contributed by atoms with Crippen molar-refractivity contribution in [3.63, 3.8) is 0 Å². The zero-order valence-corrected chi connectivity index (χ0v) is 19.6. The second-order valence-electron chi connectivity index (χ2n) is 10.00. The van der Waals surface area contributed by atoms with Crippen LogP contribution < -0.4 is 0 Å². The quantitative estimate of drug-likeness (QED) is 0.714. The minimum atomic E-state index is 0.0649. The summed E-state index contributed by atoms with van der Waals surface area (Å²) < 4.78 is 1.92. The van der Waals surface area contributed by atoms with Gasteiger partial charge in [-0.2, -0.15) is 5.10 Å². The van der Waals surface area contributed by atoms with Crippen LogP contribution in [0.4, 0.5) is 0 Å². The van der Waals surface area contributed by atoms with Crippen LogP contribution in [0.5, 0.6) is 0 Å². The zero-order chi connectivity index (χ0) is 22.4. The van der Waals surface area contributed by atoms with E-state index in [1.807, 2.05) is 22.4 Å². The molecule has 0 unspecified atom stereocenters. The Morgan fingerprint density at radius 3 is 2.56 bits per heavy atom. The highest BCUT2D eigenvalue weighted by molar-refractivity contribution is 5.81. The number of fused-ring (bicyclic) bond motifs is 1. The molecule has 3 aliphatic rings. The number of aryl methyl sites for hydroxylation is 2. The molecule has 2 aromatic rings. The number of aromatic nitrogens is 3. The Balaban J connectivity index is 1.36. The highest BCUT2D eigenvalue weighted by Crippen LogP contribution is 2.38. The maximum Gasteiger partial charge on any atom is 0.226 e. The minimum absolute atomic E-state index is 0.0649. The Labute approximate surface area is 190 Å². The Morgan fingerprint density at radius 2 is 1.81 bits per heavy atom. The molecule has 2 aromatic heterocycles. The van der Waals surface area contributed by atoms with Gasteiger partial charge in [-0.1, -0.05) is 0 Å². The molecule has 2 aliphatic heterocycles. The molecule has 2 saturated heterocycles. The van der Waals surface area contributed by atoms with Crippen LogP contribution in [0.25, 0.3) is 5.65 Å². The second kappa shape index (κ2) is 8.49. The molecule has 0 aromatic carbocycles. The third kappa shape index (κ3) is 3.90. The molecule has 3 fully saturated rings. The van der Waals surface area contributed by atoms with E-state index in [4.69, 9.17) is 10.1 Å². The van der Waals surface area contributed by atoms with Crippen LogP contribution in [-0.4, -0.2) is 55.3 Å². The van der Waals surface area contributed by atoms with Crippen molar-refractivity contribution < 1.29 is 9.59 Å². The van der Waals surface area contributed by atoms with E-state index in [9.17, 15) is 9.59 Å². The fourth-order valence-electron chi connectivity index (χ4n) is 5.62. The highest BCUT2D eigenvalue weighted by atomic mass is 16.2. The number of rotatable bonds is 5. The van der Waals surface area contributed by atoms with E-state index in [0.717, 1.165) is 79.9 Å². The number of piperidine rings is 1. The Bertz CT molecular complexity index is 1040. The molecule has 1 aliphatic carbocycles. The molecule has 0 N–H and O–H groups in total. The van der Waals surface area contributed by atoms with Gasteiger partial charge in [0, 0.05) is 48.9 Å². The number of hydrogen-bond acceptors (Lipinski definition) is 4. The van der Waals surface area contributed by atoms with E-state index in [1.54, 1.807) is 0 Å². The van der Waals surface area contributed by atoms with Crippen LogP contribution in [0.3, 0.4) is 0 Å². The van der Waals surface area contributed by atoms with Gasteiger partial charge in [-0.25, -0.2) is 9.50 Å². The molecule has 0 radical (unpaired) electrons. The summed E-state index contributed by atoms with van der Waals surface area (Å²) in [5.74, 6) is 0.787. The van der Waals surface area contributed by atoms with Crippen molar-refractivity contribution in [2.45, 2.75) is 90.6 Å². The van der Waals surface area contributed by atoms with E-state index in [0.29, 0.717) is 24.8 Å². The number of nitrogens with zero attached hydrogens (tertiary/aromatic N) is 5. The van der Waals surface area contributed by atoms with Gasteiger partial charge < -0.3 is 9.80 Å². The summed E-state index contributed by atoms with van der Waals surface area (Å²) in [4.78, 5) is 34.5. The molecule has 172 valence electrons. The van der Waals surface area contributed by atoms with Crippen molar-refractivity contribution in [2.75, 3.05) is 13.1 Å². The van der Waals surface area contributed by atoms with E-state index < -0.39 is 0 Å². The first kappa shape index (κ1) is 21.4. The smallest absolute Gasteiger partial charge is 0.226 e. The van der Waals surface area contributed by atoms with Crippen LogP contribution in [0.15, 0.2) is 6.07 Å². The van der Waals surface area contributed by atoms with Gasteiger partial charge in [0.15, 0.2) is 5.65 Å². The normalized spacial score (nSPS) is 23.8. The topological polar surface area (TPSA) is 70.8 Å². The third-order valence-electron chi connectivity index (χ3n) is 7.70. The molecule has 0 bridgehead atoms. The average Bonchev–Trinajstić information content (AvgIpc) is 3.35. The number of carbonyl (C=O) groups is 2. The largest absolute Gasteiger partial charge is 0.340 e. The second-order valence-corrected chi connectivity index (χ2v) is 10.00. The van der Waals surface area contributed by atoms with Crippen molar-refractivity contribution in [3.8, 4) is 0 Å². The summed E-state index contributed by atoms with van der Waals surface area (Å²) in [5.41, 5.74) is 4.92. The first-order valence-corrected chi connectivity index (χ1v) is 12.4. The standard InChI is InChI=1S/C25H35N5O2/c1-16-7-4-5-13-28(16)24(31)12-11-20-17(2)26-23-15-21(27-30(23)18(20)3)22-8-6-14-29(22)25(32)19-9-10-19/h15-16,19,22H,4-14H2,1-3H3/t16-,22-/m1/s1. The van der Waals surface area contributed by atoms with Crippen LogP contribution in [0.2, 0.25) is 0 Å². The monoisotopic (exact) mass is 437 g/mol. The number of likely N-dealkylation sites (tertiary alicyclic amines) is 2. The van der Waals surface area contributed by atoms with Crippen molar-refractivity contribution in [1.29, 1.82) is 0 Å².